The monoisotopic (exact) mass is 1740 g/mol. The van der Waals surface area contributed by atoms with Crippen molar-refractivity contribution in [3.63, 3.8) is 0 Å². The second kappa shape index (κ2) is 35.1. The minimum atomic E-state index is -0.232. The molecule has 0 radical (unpaired) electrons. The summed E-state index contributed by atoms with van der Waals surface area (Å²) in [7, 11) is 0. The molecular weight excluding hydrogens is 1650 g/mol. The van der Waals surface area contributed by atoms with E-state index in [1.165, 1.54) is 0 Å². The molecule has 2 saturated carbocycles. The van der Waals surface area contributed by atoms with E-state index in [1.54, 1.807) is 96.4 Å². The molecule has 24 rings (SSSR count). The highest BCUT2D eigenvalue weighted by molar-refractivity contribution is 6.00. The van der Waals surface area contributed by atoms with E-state index in [9.17, 15) is 19.2 Å². The van der Waals surface area contributed by atoms with E-state index in [4.69, 9.17) is 0 Å². The summed E-state index contributed by atoms with van der Waals surface area (Å²) in [4.78, 5) is 112. The third-order valence-corrected chi connectivity index (χ3v) is 24.3. The normalized spacial score (nSPS) is 13.4. The van der Waals surface area contributed by atoms with Crippen molar-refractivity contribution in [2.24, 2.45) is 0 Å². The maximum Gasteiger partial charge on any atom is 0.263 e. The summed E-state index contributed by atoms with van der Waals surface area (Å²) in [6, 6.07) is 66.7. The van der Waals surface area contributed by atoms with Gasteiger partial charge < -0.3 is 50.3 Å². The number of nitrogens with one attached hydrogen (secondary N) is 10. The number of imidazole rings is 4. The molecule has 30 nitrogen and oxygen atoms in total. The smallest absolute Gasteiger partial charge is 0.263 e. The number of fused-ring (bicyclic) bond motifs is 8. The number of H-pyrrole nitrogens is 6. The maximum atomic E-state index is 14.2. The van der Waals surface area contributed by atoms with E-state index in [2.05, 4.69) is 150 Å². The Morgan fingerprint density at radius 1 is 0.311 bits per heavy atom. The van der Waals surface area contributed by atoms with Gasteiger partial charge in [0.15, 0.2) is 23.3 Å². The van der Waals surface area contributed by atoms with Crippen LogP contribution in [-0.2, 0) is 0 Å². The molecule has 0 unspecified atom stereocenters. The van der Waals surface area contributed by atoms with Crippen LogP contribution in [0.5, 0.6) is 0 Å². The fourth-order valence-electron chi connectivity index (χ4n) is 17.8. The molecule has 6 aromatic carbocycles. The fourth-order valence-corrected chi connectivity index (χ4v) is 17.8. The molecule has 4 atom stereocenters. The molecule has 22 aromatic rings. The summed E-state index contributed by atoms with van der Waals surface area (Å²) in [5, 5.41) is 34.1. The van der Waals surface area contributed by atoms with Gasteiger partial charge in [0.05, 0.1) is 105 Å². The number of aromatic amines is 6. The molecule has 10 N–H and O–H groups in total. The molecule has 0 aliphatic heterocycles. The minimum absolute atomic E-state index is 0.0476. The Morgan fingerprint density at radius 3 is 0.924 bits per heavy atom. The van der Waals surface area contributed by atoms with Gasteiger partial charge in [0.2, 0.25) is 0 Å². The van der Waals surface area contributed by atoms with Crippen molar-refractivity contribution in [2.45, 2.75) is 89.6 Å². The summed E-state index contributed by atoms with van der Waals surface area (Å²) in [5.74, 6) is 2.72. The number of pyridine rings is 10. The summed E-state index contributed by atoms with van der Waals surface area (Å²) < 4.78 is 7.50. The number of nitrogens with zero attached hydrogens (tertiary/aromatic N) is 16. The molecule has 0 saturated heterocycles. The topological polar surface area (TPSA) is 386 Å². The van der Waals surface area contributed by atoms with Crippen molar-refractivity contribution in [2.75, 3.05) is 21.3 Å². The zero-order chi connectivity index (χ0) is 89.5. The number of anilines is 4. The van der Waals surface area contributed by atoms with Crippen molar-refractivity contribution in [1.29, 1.82) is 0 Å². The average Bonchev–Trinajstić information content (AvgIpc) is 0.957. The number of para-hydroxylation sites is 2. The quantitative estimate of drug-likeness (QED) is 0.0339. The SMILES string of the molecule is C[C@H](Nc1nccc2[nH]cnc12)c1cc2cccc(-c3cccnc3)c2c(=O)n1-c1ccccc1.C[C@H](Nc1nccc2[nH]cnc12)c1cc2cccc(-c3cccnc3)c2c(=O)n1C1CC1.C[C@H](Nc1nccc2[nH]cnc12)c1cc2cccc(-c3cn[nH]c3)c2c(=O)n1-c1ccccc1.C[C@H](Nc1nccc2[nH]cnc12)c1cc2cccc(-c3cn[nH]c3)c2c(=O)n1C1CC1. The lowest BCUT2D eigenvalue weighted by Crippen LogP contribution is -2.26. The van der Waals surface area contributed by atoms with Gasteiger partial charge in [-0.25, -0.2) is 39.9 Å². The van der Waals surface area contributed by atoms with Crippen LogP contribution >= 0.6 is 0 Å². The van der Waals surface area contributed by atoms with E-state index < -0.39 is 0 Å². The molecule has 16 heterocycles. The predicted molar refractivity (Wildman–Crippen MR) is 517 cm³/mol. The van der Waals surface area contributed by atoms with Crippen LogP contribution in [0.15, 0.2) is 325 Å². The lowest BCUT2D eigenvalue weighted by Gasteiger charge is -2.22. The second-order valence-electron chi connectivity index (χ2n) is 32.9. The minimum Gasteiger partial charge on any atom is -0.360 e. The fraction of sp³-hybridized carbons (Fsp3) is 0.137. The Bertz CT molecular complexity index is 8270. The molecule has 2 aliphatic carbocycles. The van der Waals surface area contributed by atoms with Crippen LogP contribution in [0.25, 0.3) is 143 Å². The van der Waals surface area contributed by atoms with Crippen molar-refractivity contribution in [3.05, 3.63) is 370 Å². The Hall–Kier alpha value is -17.4. The molecule has 2 aliphatic rings. The molecule has 0 spiro atoms. The van der Waals surface area contributed by atoms with Crippen LogP contribution in [-0.4, -0.2) is 108 Å². The first-order chi connectivity index (χ1) is 64.8. The molecule has 2 fully saturated rings. The number of benzene rings is 6. The first kappa shape index (κ1) is 81.6. The van der Waals surface area contributed by atoms with Gasteiger partial charge >= 0.3 is 0 Å². The van der Waals surface area contributed by atoms with Gasteiger partial charge in [-0.1, -0.05) is 121 Å². The van der Waals surface area contributed by atoms with Crippen molar-refractivity contribution >= 4 is 110 Å². The lowest BCUT2D eigenvalue weighted by molar-refractivity contribution is 0.636. The van der Waals surface area contributed by atoms with Crippen molar-refractivity contribution < 1.29 is 0 Å². The van der Waals surface area contributed by atoms with Gasteiger partial charge in [0.25, 0.3) is 22.2 Å². The van der Waals surface area contributed by atoms with Crippen molar-refractivity contribution in [1.82, 2.24) is 108 Å². The summed E-state index contributed by atoms with van der Waals surface area (Å²) in [5.41, 5.74) is 19.0. The summed E-state index contributed by atoms with van der Waals surface area (Å²) in [6.07, 6.45) is 31.9. The van der Waals surface area contributed by atoms with Gasteiger partial charge in [-0.3, -0.25) is 48.5 Å². The van der Waals surface area contributed by atoms with E-state index >= 15 is 0 Å². The Balaban J connectivity index is 0.000000106. The highest BCUT2D eigenvalue weighted by Gasteiger charge is 2.33. The maximum absolute atomic E-state index is 14.2. The largest absolute Gasteiger partial charge is 0.360 e. The molecule has 0 amide bonds. The van der Waals surface area contributed by atoms with Crippen LogP contribution in [0.4, 0.5) is 23.3 Å². The van der Waals surface area contributed by atoms with Gasteiger partial charge in [-0.05, 0) is 182 Å². The Morgan fingerprint density at radius 2 is 0.621 bits per heavy atom. The van der Waals surface area contributed by atoms with E-state index in [-0.39, 0.29) is 58.5 Å². The second-order valence-corrected chi connectivity index (χ2v) is 32.9. The van der Waals surface area contributed by atoms with Gasteiger partial charge in [0.1, 0.15) is 22.1 Å². The first-order valence-electron chi connectivity index (χ1n) is 43.6. The Kier molecular flexibility index (Phi) is 21.7. The van der Waals surface area contributed by atoms with E-state index in [1.807, 2.05) is 217 Å². The average molecular weight is 1740 g/mol. The van der Waals surface area contributed by atoms with Crippen LogP contribution in [0.2, 0.25) is 0 Å². The standard InChI is InChI=1S/C28H22N6O.C26H21N7O.C25H22N6O.C23H21N7O/c1-18(33-27-26-23(12-14-30-27)31-17-32-26)24-15-19-7-5-11-22(20-8-6-13-29-16-20)25(19)28(35)34(24)21-9-3-2-4-10-21;1-16(32-25-24-21(10-11-27-25)28-15-29-24)22-12-17-6-5-9-20(18-13-30-31-14-18)23(17)26(34)33(22)19-7-3-2-4-8-19;1-15(30-24-23-20(9-11-27-24)28-14-29-23)21-12-16-4-2-6-19(17-5-3-10-26-13-17)22(16)25(32)31(21)18-7-8-18;1-13(29-22-21-18(7-8-24-22)25-12-26-21)19-9-14-3-2-4-17(15-10-27-28-11-15)20(14)23(31)30(19)16-5-6-16/h2-18H,1H3,(H,30,33)(H,31,32);2-16H,1H3,(H,27,32)(H,28,29)(H,30,31);2-6,9-15,18H,7-8H2,1H3,(H,27,30)(H,28,29);2-4,7-13,16H,5-6H2,1H3,(H,24,29)(H,25,26)(H,27,28)/t18-;16-;15-;13-/m0000/s1. The zero-order valence-corrected chi connectivity index (χ0v) is 71.9. The van der Waals surface area contributed by atoms with Crippen LogP contribution in [0.1, 0.15) is 112 Å². The van der Waals surface area contributed by atoms with Crippen LogP contribution < -0.4 is 43.5 Å². The molecule has 0 bridgehead atoms. The number of aromatic nitrogens is 22. The van der Waals surface area contributed by atoms with Crippen molar-refractivity contribution in [3.8, 4) is 55.9 Å². The third-order valence-electron chi connectivity index (χ3n) is 24.3. The van der Waals surface area contributed by atoms with Gasteiger partial charge in [-0.2, -0.15) is 10.2 Å². The highest BCUT2D eigenvalue weighted by atomic mass is 16.1. The van der Waals surface area contributed by atoms with Crippen LogP contribution in [0, 0.1) is 0 Å². The van der Waals surface area contributed by atoms with Gasteiger partial charge in [-0.15, -0.1) is 0 Å². The number of hydrogen-bond acceptors (Lipinski definition) is 20. The number of rotatable bonds is 20. The zero-order valence-electron chi connectivity index (χ0n) is 71.9. The first-order valence-corrected chi connectivity index (χ1v) is 43.6. The lowest BCUT2D eigenvalue weighted by atomic mass is 9.99. The molecule has 648 valence electrons. The highest BCUT2D eigenvalue weighted by Crippen LogP contribution is 2.42. The molecular formula is C102H86N26O4. The van der Waals surface area contributed by atoms with E-state index in [0.29, 0.717) is 34.0 Å². The number of hydrogen-bond donors (Lipinski definition) is 10. The summed E-state index contributed by atoms with van der Waals surface area (Å²) >= 11 is 0. The molecule has 30 heteroatoms. The third kappa shape index (κ3) is 15.7. The van der Waals surface area contributed by atoms with Gasteiger partial charge in [0, 0.05) is 130 Å². The Labute approximate surface area is 751 Å². The predicted octanol–water partition coefficient (Wildman–Crippen LogP) is 19.3. The summed E-state index contributed by atoms with van der Waals surface area (Å²) in [6.45, 7) is 8.18. The van der Waals surface area contributed by atoms with Crippen LogP contribution in [0.3, 0.4) is 0 Å². The molecule has 16 aromatic heterocycles. The van der Waals surface area contributed by atoms with E-state index in [0.717, 1.165) is 181 Å². The molecule has 132 heavy (non-hydrogen) atoms.